The van der Waals surface area contributed by atoms with Crippen LogP contribution in [0.5, 0.6) is 0 Å². The molecular formula is C13H8N2O3Y. The molecule has 0 unspecified atom stereocenters. The number of nitrogens with zero attached hydrogens (tertiary/aromatic N) is 1. The number of carbonyl (C=O) groups is 1. The first kappa shape index (κ1) is 12.4. The van der Waals surface area contributed by atoms with Gasteiger partial charge >= 0.3 is 124 Å². The van der Waals surface area contributed by atoms with Crippen molar-refractivity contribution in [3.8, 4) is 0 Å². The fraction of sp³-hybridized carbons (Fsp3) is 0. The maximum absolute atomic E-state index is 12.3. The second-order valence-corrected chi connectivity index (χ2v) is 8.12. The molecule has 0 saturated heterocycles. The molecule has 0 spiro atoms. The fourth-order valence-electron chi connectivity index (χ4n) is 2.21. The van der Waals surface area contributed by atoms with Crippen LogP contribution in [-0.2, 0) is 29.2 Å². The Hall–Kier alpha value is -1.59. The summed E-state index contributed by atoms with van der Waals surface area (Å²) in [6.07, 6.45) is 0. The molecule has 0 bridgehead atoms. The number of nitrogen functional groups attached to an aromatic ring is 1. The molecule has 1 heterocycles. The van der Waals surface area contributed by atoms with Crippen LogP contribution in [0.3, 0.4) is 0 Å². The van der Waals surface area contributed by atoms with Crippen LogP contribution in [0, 0.1) is 10.1 Å². The van der Waals surface area contributed by atoms with Gasteiger partial charge in [-0.05, 0) is 0 Å². The third-order valence-corrected chi connectivity index (χ3v) is 7.00. The topological polar surface area (TPSA) is 86.2 Å². The van der Waals surface area contributed by atoms with Crippen molar-refractivity contribution in [2.45, 2.75) is 0 Å². The molecular weight excluding hydrogens is 321 g/mol. The number of benzene rings is 2. The van der Waals surface area contributed by atoms with Crippen LogP contribution in [0.2, 0.25) is 0 Å². The number of ketones is 1. The molecule has 1 aliphatic heterocycles. The van der Waals surface area contributed by atoms with Gasteiger partial charge in [-0.25, -0.2) is 0 Å². The van der Waals surface area contributed by atoms with Gasteiger partial charge in [-0.3, -0.25) is 0 Å². The Bertz CT molecular complexity index is 728. The summed E-state index contributed by atoms with van der Waals surface area (Å²) in [5.41, 5.74) is 7.73. The Morgan fingerprint density at radius 2 is 1.68 bits per heavy atom. The monoisotopic (exact) mass is 329 g/mol. The summed E-state index contributed by atoms with van der Waals surface area (Å²) in [7, 11) is 0. The second-order valence-electron chi connectivity index (χ2n) is 4.35. The van der Waals surface area contributed by atoms with Crippen molar-refractivity contribution in [2.75, 3.05) is 5.73 Å². The Kier molecular flexibility index (Phi) is 2.95. The number of carbonyl (C=O) groups excluding carboxylic acids is 1. The van der Waals surface area contributed by atoms with Crippen molar-refractivity contribution in [3.63, 3.8) is 0 Å². The summed E-state index contributed by atoms with van der Waals surface area (Å²) in [6, 6.07) is 9.80. The van der Waals surface area contributed by atoms with Crippen molar-refractivity contribution < 1.29 is 38.9 Å². The molecule has 19 heavy (non-hydrogen) atoms. The standard InChI is InChI=1S/C13H8N2O3.Y/c14-11-5-1-9(2-6-11)13(16)10-3-7-12(8-4-10)15(17)18;/h1,3,5-8H,14H2;. The number of hydrogen-bond acceptors (Lipinski definition) is 4. The van der Waals surface area contributed by atoms with Gasteiger partial charge in [-0.15, -0.1) is 0 Å². The molecule has 0 aromatic heterocycles. The number of non-ortho nitro benzene ring substituents is 1. The van der Waals surface area contributed by atoms with Crippen molar-refractivity contribution in [1.82, 2.24) is 0 Å². The van der Waals surface area contributed by atoms with E-state index >= 15 is 0 Å². The number of anilines is 1. The molecule has 3 rings (SSSR count). The zero-order valence-corrected chi connectivity index (χ0v) is 12.6. The summed E-state index contributed by atoms with van der Waals surface area (Å²) >= 11 is -1.42. The molecule has 0 fully saturated rings. The van der Waals surface area contributed by atoms with E-state index in [1.54, 1.807) is 24.3 Å². The molecule has 2 N–H and O–H groups in total. The normalized spacial score (nSPS) is 11.9. The predicted octanol–water partition coefficient (Wildman–Crippen LogP) is 0.755. The van der Waals surface area contributed by atoms with Crippen molar-refractivity contribution >= 4 is 21.9 Å². The number of rotatable bonds is 1. The molecule has 5 nitrogen and oxygen atoms in total. The molecule has 2 aromatic rings. The van der Waals surface area contributed by atoms with E-state index in [1.807, 2.05) is 6.07 Å². The minimum atomic E-state index is -1.42. The number of nitro benzene ring substituents is 1. The van der Waals surface area contributed by atoms with Gasteiger partial charge in [0.2, 0.25) is 0 Å². The molecule has 0 aliphatic carbocycles. The zero-order valence-electron chi connectivity index (χ0n) is 9.79. The Morgan fingerprint density at radius 1 is 1.05 bits per heavy atom. The van der Waals surface area contributed by atoms with Gasteiger partial charge in [0.1, 0.15) is 0 Å². The van der Waals surface area contributed by atoms with Gasteiger partial charge < -0.3 is 0 Å². The molecule has 0 radical (unpaired) electrons. The number of hydrogen-bond donors (Lipinski definition) is 1. The minimum absolute atomic E-state index is 0.0465. The van der Waals surface area contributed by atoms with Gasteiger partial charge in [0, 0.05) is 0 Å². The average Bonchev–Trinajstić information content (AvgIpc) is 2.37. The van der Waals surface area contributed by atoms with E-state index in [9.17, 15) is 14.9 Å². The fourth-order valence-corrected chi connectivity index (χ4v) is 6.22. The Balaban J connectivity index is 2.16. The summed E-state index contributed by atoms with van der Waals surface area (Å²) in [4.78, 5) is 22.7. The van der Waals surface area contributed by atoms with Crippen LogP contribution < -0.4 is 10.5 Å². The molecule has 0 saturated carbocycles. The van der Waals surface area contributed by atoms with E-state index in [0.29, 0.717) is 16.8 Å². The predicted molar refractivity (Wildman–Crippen MR) is 66.7 cm³/mol. The summed E-state index contributed by atoms with van der Waals surface area (Å²) < 4.78 is 1.88. The quantitative estimate of drug-likeness (QED) is 0.406. The van der Waals surface area contributed by atoms with E-state index in [0.717, 1.165) is 4.75 Å². The van der Waals surface area contributed by atoms with Crippen LogP contribution >= 0.6 is 0 Å². The van der Waals surface area contributed by atoms with Crippen LogP contribution in [0.25, 0.3) is 0 Å². The number of fused-ring (bicyclic) bond motifs is 2. The summed E-state index contributed by atoms with van der Waals surface area (Å²) in [6.45, 7) is 0. The van der Waals surface area contributed by atoms with Crippen molar-refractivity contribution in [1.29, 1.82) is 0 Å². The molecule has 2 aromatic carbocycles. The SMILES string of the molecule is Nc1ccc2[c](c1)[Y][c]1cc([N+](=O)[O-])ccc1C2=O. The van der Waals surface area contributed by atoms with E-state index in [2.05, 4.69) is 0 Å². The summed E-state index contributed by atoms with van der Waals surface area (Å²) in [5.74, 6) is -0.0579. The van der Waals surface area contributed by atoms with Crippen LogP contribution in [0.1, 0.15) is 15.9 Å². The van der Waals surface area contributed by atoms with Gasteiger partial charge in [-0.2, -0.15) is 0 Å². The first-order chi connectivity index (χ1) is 9.06. The number of nitro groups is 1. The second kappa shape index (κ2) is 4.51. The average molecular weight is 329 g/mol. The first-order valence-electron chi connectivity index (χ1n) is 5.63. The maximum atomic E-state index is 12.3. The van der Waals surface area contributed by atoms with Gasteiger partial charge in [0.25, 0.3) is 0 Å². The van der Waals surface area contributed by atoms with E-state index in [-0.39, 0.29) is 11.5 Å². The third-order valence-electron chi connectivity index (χ3n) is 3.12. The van der Waals surface area contributed by atoms with Crippen LogP contribution in [0.4, 0.5) is 11.4 Å². The van der Waals surface area contributed by atoms with E-state index in [4.69, 9.17) is 5.73 Å². The molecule has 6 heteroatoms. The van der Waals surface area contributed by atoms with Gasteiger partial charge in [-0.1, -0.05) is 0 Å². The Labute approximate surface area is 123 Å². The molecule has 91 valence electrons. The van der Waals surface area contributed by atoms with E-state index < -0.39 is 34.1 Å². The molecule has 1 aliphatic rings. The van der Waals surface area contributed by atoms with Crippen molar-refractivity contribution in [3.05, 3.63) is 57.6 Å². The molecule has 0 amide bonds. The van der Waals surface area contributed by atoms with Gasteiger partial charge in [0.05, 0.1) is 0 Å². The number of nitrogens with two attached hydrogens (primary N) is 1. The third kappa shape index (κ3) is 2.09. The van der Waals surface area contributed by atoms with Crippen LogP contribution in [-0.4, -0.2) is 10.7 Å². The van der Waals surface area contributed by atoms with E-state index in [1.165, 1.54) is 6.07 Å². The van der Waals surface area contributed by atoms with Crippen LogP contribution in [0.15, 0.2) is 36.4 Å². The Morgan fingerprint density at radius 3 is 2.37 bits per heavy atom. The summed E-state index contributed by atoms with van der Waals surface area (Å²) in [5, 5.41) is 10.8. The van der Waals surface area contributed by atoms with Gasteiger partial charge in [0.15, 0.2) is 0 Å². The van der Waals surface area contributed by atoms with Crippen molar-refractivity contribution in [2.24, 2.45) is 0 Å². The molecule has 0 atom stereocenters. The zero-order chi connectivity index (χ0) is 13.6. The first-order valence-corrected chi connectivity index (χ1v) is 8.47.